The number of amides is 1. The Morgan fingerprint density at radius 1 is 1.40 bits per heavy atom. The van der Waals surface area contributed by atoms with E-state index in [0.717, 1.165) is 5.56 Å². The highest BCUT2D eigenvalue weighted by atomic mass is 16.1. The molecule has 0 fully saturated rings. The zero-order chi connectivity index (χ0) is 14.4. The van der Waals surface area contributed by atoms with Gasteiger partial charge in [-0.2, -0.15) is 0 Å². The van der Waals surface area contributed by atoms with Gasteiger partial charge in [0.2, 0.25) is 5.91 Å². The zero-order valence-electron chi connectivity index (χ0n) is 11.5. The number of aryl methyl sites for hydroxylation is 1. The highest BCUT2D eigenvalue weighted by molar-refractivity contribution is 5.79. The fourth-order valence-corrected chi connectivity index (χ4v) is 1.96. The largest absolute Gasteiger partial charge is 0.349 e. The second-order valence-corrected chi connectivity index (χ2v) is 4.70. The van der Waals surface area contributed by atoms with Crippen molar-refractivity contribution in [1.82, 2.24) is 20.1 Å². The van der Waals surface area contributed by atoms with Crippen molar-refractivity contribution >= 4 is 5.91 Å². The van der Waals surface area contributed by atoms with Crippen molar-refractivity contribution in [1.29, 1.82) is 0 Å². The Morgan fingerprint density at radius 3 is 2.75 bits per heavy atom. The Balaban J connectivity index is 1.91. The Labute approximate surface area is 118 Å². The molecule has 1 aromatic carbocycles. The van der Waals surface area contributed by atoms with Crippen molar-refractivity contribution in [2.45, 2.75) is 13.0 Å². The van der Waals surface area contributed by atoms with Crippen LogP contribution in [0.1, 0.15) is 11.4 Å². The molecule has 0 radical (unpaired) electrons. The highest BCUT2D eigenvalue weighted by Gasteiger charge is 2.17. The fourth-order valence-electron chi connectivity index (χ4n) is 1.96. The molecule has 20 heavy (non-hydrogen) atoms. The first kappa shape index (κ1) is 14.2. The lowest BCUT2D eigenvalue weighted by Crippen LogP contribution is -2.36. The smallest absolute Gasteiger partial charge is 0.225 e. The van der Waals surface area contributed by atoms with Gasteiger partial charge < -0.3 is 15.6 Å². The molecule has 1 atom stereocenters. The third kappa shape index (κ3) is 3.64. The summed E-state index contributed by atoms with van der Waals surface area (Å²) < 4.78 is 1.77. The zero-order valence-corrected chi connectivity index (χ0v) is 11.5. The maximum absolute atomic E-state index is 12.1. The summed E-state index contributed by atoms with van der Waals surface area (Å²) in [7, 11) is 1.84. The van der Waals surface area contributed by atoms with Crippen LogP contribution in [-0.2, 0) is 24.8 Å². The molecule has 0 aliphatic heterocycles. The number of hydrogen-bond acceptors (Lipinski definition) is 4. The average Bonchev–Trinajstić information content (AvgIpc) is 2.88. The molecule has 1 amide bonds. The molecule has 6 heteroatoms. The van der Waals surface area contributed by atoms with Crippen molar-refractivity contribution in [3.63, 3.8) is 0 Å². The van der Waals surface area contributed by atoms with Crippen LogP contribution < -0.4 is 11.1 Å². The number of nitrogens with zero attached hydrogens (tertiary/aromatic N) is 3. The summed E-state index contributed by atoms with van der Waals surface area (Å²) in [5.41, 5.74) is 6.81. The fraction of sp³-hybridized carbons (Fsp3) is 0.357. The van der Waals surface area contributed by atoms with Gasteiger partial charge in [0.1, 0.15) is 6.33 Å². The third-order valence-electron chi connectivity index (χ3n) is 3.21. The normalized spacial score (nSPS) is 12.1. The molecule has 0 aliphatic rings. The number of rotatable bonds is 6. The van der Waals surface area contributed by atoms with Gasteiger partial charge in [0.25, 0.3) is 0 Å². The lowest BCUT2D eigenvalue weighted by molar-refractivity contribution is -0.124. The quantitative estimate of drug-likeness (QED) is 0.790. The predicted molar refractivity (Wildman–Crippen MR) is 75.5 cm³/mol. The van der Waals surface area contributed by atoms with Crippen LogP contribution in [0.15, 0.2) is 36.7 Å². The number of nitrogens with two attached hydrogens (primary N) is 1. The van der Waals surface area contributed by atoms with Crippen LogP contribution in [0.5, 0.6) is 0 Å². The summed E-state index contributed by atoms with van der Waals surface area (Å²) in [5.74, 6) is 0.429. The van der Waals surface area contributed by atoms with Crippen LogP contribution in [0.25, 0.3) is 0 Å². The molecule has 1 unspecified atom stereocenters. The molecule has 0 bridgehead atoms. The van der Waals surface area contributed by atoms with E-state index in [9.17, 15) is 4.79 Å². The summed E-state index contributed by atoms with van der Waals surface area (Å²) in [4.78, 5) is 12.1. The van der Waals surface area contributed by atoms with Gasteiger partial charge >= 0.3 is 0 Å². The van der Waals surface area contributed by atoms with E-state index in [1.807, 2.05) is 37.4 Å². The monoisotopic (exact) mass is 273 g/mol. The number of benzene rings is 1. The van der Waals surface area contributed by atoms with Gasteiger partial charge in [-0.25, -0.2) is 0 Å². The molecule has 0 spiro atoms. The topological polar surface area (TPSA) is 85.8 Å². The van der Waals surface area contributed by atoms with Crippen LogP contribution in [-0.4, -0.2) is 27.2 Å². The number of carbonyl (C=O) groups excluding carboxylic acids is 1. The van der Waals surface area contributed by atoms with E-state index in [4.69, 9.17) is 5.73 Å². The van der Waals surface area contributed by atoms with E-state index in [1.54, 1.807) is 10.9 Å². The summed E-state index contributed by atoms with van der Waals surface area (Å²) in [6.45, 7) is 0.681. The van der Waals surface area contributed by atoms with Gasteiger partial charge in [-0.3, -0.25) is 4.79 Å². The van der Waals surface area contributed by atoms with E-state index >= 15 is 0 Å². The molecular formula is C14H19N5O. The standard InChI is InChI=1S/C14H19N5O/c1-19-10-17-18-13(19)9-16-14(20)12(8-15)7-11-5-3-2-4-6-11/h2-6,10,12H,7-9,15H2,1H3,(H,16,20). The summed E-state index contributed by atoms with van der Waals surface area (Å²) in [6, 6.07) is 9.87. The van der Waals surface area contributed by atoms with Crippen LogP contribution in [0.4, 0.5) is 0 Å². The second-order valence-electron chi connectivity index (χ2n) is 4.70. The summed E-state index contributed by atoms with van der Waals surface area (Å²) in [6.07, 6.45) is 2.24. The maximum atomic E-state index is 12.1. The number of nitrogens with one attached hydrogen (secondary N) is 1. The lowest BCUT2D eigenvalue weighted by atomic mass is 9.98. The van der Waals surface area contributed by atoms with Gasteiger partial charge in [0, 0.05) is 13.6 Å². The third-order valence-corrected chi connectivity index (χ3v) is 3.21. The number of aromatic nitrogens is 3. The van der Waals surface area contributed by atoms with E-state index < -0.39 is 0 Å². The first-order valence-electron chi connectivity index (χ1n) is 6.55. The number of carbonyl (C=O) groups is 1. The van der Waals surface area contributed by atoms with Crippen molar-refractivity contribution in [3.05, 3.63) is 48.0 Å². The predicted octanol–water partition coefficient (Wildman–Crippen LogP) is 0.249. The minimum Gasteiger partial charge on any atom is -0.349 e. The molecule has 2 aromatic rings. The van der Waals surface area contributed by atoms with Crippen molar-refractivity contribution in [2.75, 3.05) is 6.54 Å². The Kier molecular flexibility index (Phi) is 4.84. The van der Waals surface area contributed by atoms with Gasteiger partial charge in [-0.15, -0.1) is 10.2 Å². The van der Waals surface area contributed by atoms with Crippen LogP contribution in [0.3, 0.4) is 0 Å². The second kappa shape index (κ2) is 6.81. The van der Waals surface area contributed by atoms with E-state index in [-0.39, 0.29) is 11.8 Å². The van der Waals surface area contributed by atoms with E-state index in [1.165, 1.54) is 0 Å². The van der Waals surface area contributed by atoms with E-state index in [0.29, 0.717) is 25.3 Å². The molecule has 3 N–H and O–H groups in total. The van der Waals surface area contributed by atoms with Crippen molar-refractivity contribution in [3.8, 4) is 0 Å². The minimum absolute atomic E-state index is 0.0562. The van der Waals surface area contributed by atoms with Gasteiger partial charge in [0.15, 0.2) is 5.82 Å². The molecule has 1 heterocycles. The molecule has 2 rings (SSSR count). The first-order valence-corrected chi connectivity index (χ1v) is 6.55. The molecule has 1 aromatic heterocycles. The molecule has 106 valence electrons. The van der Waals surface area contributed by atoms with Crippen LogP contribution in [0.2, 0.25) is 0 Å². The van der Waals surface area contributed by atoms with Crippen LogP contribution in [0, 0.1) is 5.92 Å². The Morgan fingerprint density at radius 2 is 2.15 bits per heavy atom. The van der Waals surface area contributed by atoms with Gasteiger partial charge in [-0.05, 0) is 12.0 Å². The summed E-state index contributed by atoms with van der Waals surface area (Å²) >= 11 is 0. The molecule has 0 aliphatic carbocycles. The van der Waals surface area contributed by atoms with Crippen molar-refractivity contribution < 1.29 is 4.79 Å². The van der Waals surface area contributed by atoms with Crippen LogP contribution >= 0.6 is 0 Å². The Hall–Kier alpha value is -2.21. The molecule has 0 saturated carbocycles. The molecule has 0 saturated heterocycles. The maximum Gasteiger partial charge on any atom is 0.225 e. The SMILES string of the molecule is Cn1cnnc1CNC(=O)C(CN)Cc1ccccc1. The average molecular weight is 273 g/mol. The lowest BCUT2D eigenvalue weighted by Gasteiger charge is -2.14. The van der Waals surface area contributed by atoms with Crippen molar-refractivity contribution in [2.24, 2.45) is 18.7 Å². The minimum atomic E-state index is -0.231. The summed E-state index contributed by atoms with van der Waals surface area (Å²) in [5, 5.41) is 10.5. The number of hydrogen-bond donors (Lipinski definition) is 2. The first-order chi connectivity index (χ1) is 9.70. The van der Waals surface area contributed by atoms with Gasteiger partial charge in [0.05, 0.1) is 12.5 Å². The van der Waals surface area contributed by atoms with E-state index in [2.05, 4.69) is 15.5 Å². The molecular weight excluding hydrogens is 254 g/mol. The molecule has 6 nitrogen and oxygen atoms in total. The Bertz CT molecular complexity index is 552. The van der Waals surface area contributed by atoms with Gasteiger partial charge in [-0.1, -0.05) is 30.3 Å². The highest BCUT2D eigenvalue weighted by Crippen LogP contribution is 2.08.